The van der Waals surface area contributed by atoms with E-state index in [4.69, 9.17) is 9.16 Å². The highest BCUT2D eigenvalue weighted by Crippen LogP contribution is 2.04. The molecule has 0 spiro atoms. The maximum absolute atomic E-state index is 5.50. The third kappa shape index (κ3) is 2.96. The van der Waals surface area contributed by atoms with E-state index in [1.54, 1.807) is 0 Å². The fraction of sp³-hybridized carbons (Fsp3) is 1.00. The van der Waals surface area contributed by atoms with Gasteiger partial charge in [-0.25, -0.2) is 0 Å². The summed E-state index contributed by atoms with van der Waals surface area (Å²) in [6.07, 6.45) is 2.39. The van der Waals surface area contributed by atoms with Gasteiger partial charge in [-0.15, -0.1) is 0 Å². The van der Waals surface area contributed by atoms with E-state index in [-0.39, 0.29) is 9.28 Å². The third-order valence-electron chi connectivity index (χ3n) is 1.81. The van der Waals surface area contributed by atoms with Crippen LogP contribution in [0.15, 0.2) is 0 Å². The molecule has 0 saturated carbocycles. The highest BCUT2D eigenvalue weighted by molar-refractivity contribution is 7.10. The molecule has 1 aliphatic heterocycles. The monoisotopic (exact) mass is 176 g/mol. The van der Waals surface area contributed by atoms with E-state index in [1.165, 1.54) is 12.5 Å². The van der Waals surface area contributed by atoms with Crippen molar-refractivity contribution in [3.63, 3.8) is 0 Å². The van der Waals surface area contributed by atoms with Crippen molar-refractivity contribution in [3.8, 4) is 0 Å². The van der Waals surface area contributed by atoms with Gasteiger partial charge in [0, 0.05) is 19.4 Å². The molecule has 2 nitrogen and oxygen atoms in total. The zero-order valence-corrected chi connectivity index (χ0v) is 9.21. The van der Waals surface area contributed by atoms with Gasteiger partial charge in [-0.05, 0) is 13.3 Å². The van der Waals surface area contributed by atoms with Crippen LogP contribution in [0.3, 0.4) is 0 Å². The molecule has 1 rings (SSSR count). The van der Waals surface area contributed by atoms with Gasteiger partial charge in [-0.1, -0.05) is 6.04 Å². The molecule has 4 heteroatoms. The summed E-state index contributed by atoms with van der Waals surface area (Å²) in [5.41, 5.74) is 0. The second-order valence-electron chi connectivity index (χ2n) is 2.74. The van der Waals surface area contributed by atoms with E-state index in [0.29, 0.717) is 0 Å². The fourth-order valence-electron chi connectivity index (χ4n) is 1.22. The topological polar surface area (TPSA) is 18.5 Å². The summed E-state index contributed by atoms with van der Waals surface area (Å²) >= 11 is 0. The molecule has 1 unspecified atom stereocenters. The zero-order chi connectivity index (χ0) is 7.23. The molecular formula is C6H16O2Si2. The lowest BCUT2D eigenvalue weighted by molar-refractivity contribution is 0.190. The summed E-state index contributed by atoms with van der Waals surface area (Å²) in [4.78, 5) is 0. The Morgan fingerprint density at radius 2 is 2.60 bits per heavy atom. The van der Waals surface area contributed by atoms with E-state index in [0.717, 1.165) is 19.4 Å². The van der Waals surface area contributed by atoms with E-state index >= 15 is 0 Å². The van der Waals surface area contributed by atoms with E-state index in [9.17, 15) is 0 Å². The Hall–Kier alpha value is 0.354. The summed E-state index contributed by atoms with van der Waals surface area (Å²) in [5.74, 6) is 0. The number of rotatable bonds is 3. The van der Waals surface area contributed by atoms with Gasteiger partial charge in [0.15, 0.2) is 0 Å². The molecule has 0 bridgehead atoms. The van der Waals surface area contributed by atoms with E-state index in [2.05, 4.69) is 6.92 Å². The highest BCUT2D eigenvalue weighted by Gasteiger charge is 2.15. The molecule has 1 aliphatic rings. The van der Waals surface area contributed by atoms with Crippen LogP contribution in [-0.4, -0.2) is 37.0 Å². The van der Waals surface area contributed by atoms with Gasteiger partial charge >= 0.3 is 0 Å². The summed E-state index contributed by atoms with van der Waals surface area (Å²) < 4.78 is 10.9. The second-order valence-corrected chi connectivity index (χ2v) is 10.6. The van der Waals surface area contributed by atoms with Crippen LogP contribution in [0, 0.1) is 0 Å². The van der Waals surface area contributed by atoms with Crippen LogP contribution >= 0.6 is 0 Å². The van der Waals surface area contributed by atoms with Gasteiger partial charge in [-0.3, -0.25) is 0 Å². The predicted octanol–water partition coefficient (Wildman–Crippen LogP) is -0.210. The average molecular weight is 176 g/mol. The van der Waals surface area contributed by atoms with Crippen LogP contribution in [0.2, 0.25) is 6.04 Å². The van der Waals surface area contributed by atoms with Crippen molar-refractivity contribution < 1.29 is 9.16 Å². The van der Waals surface area contributed by atoms with Crippen LogP contribution in [0.1, 0.15) is 13.3 Å². The molecule has 0 aromatic rings. The van der Waals surface area contributed by atoms with Gasteiger partial charge in [0.05, 0.1) is 8.31 Å². The van der Waals surface area contributed by atoms with Crippen molar-refractivity contribution in [3.05, 3.63) is 0 Å². The smallest absolute Gasteiger partial charge is 0.150 e. The first kappa shape index (κ1) is 8.45. The first-order valence-corrected chi connectivity index (χ1v) is 9.56. The van der Waals surface area contributed by atoms with Crippen LogP contribution in [0.5, 0.6) is 0 Å². The molecule has 0 amide bonds. The number of hydrogen-bond acceptors (Lipinski definition) is 2. The molecule has 1 heterocycles. The lowest BCUT2D eigenvalue weighted by Gasteiger charge is -2.19. The number of hydrogen-bond donors (Lipinski definition) is 0. The molecule has 0 radical (unpaired) electrons. The fourth-order valence-corrected chi connectivity index (χ4v) is 7.32. The Morgan fingerprint density at radius 1 is 1.70 bits per heavy atom. The second kappa shape index (κ2) is 5.06. The van der Waals surface area contributed by atoms with Crippen molar-refractivity contribution in [2.75, 3.05) is 19.4 Å². The van der Waals surface area contributed by atoms with Crippen LogP contribution in [-0.2, 0) is 9.16 Å². The molecule has 0 aliphatic carbocycles. The molecule has 1 fully saturated rings. The molecule has 0 aromatic carbocycles. The molecule has 0 N–H and O–H groups in total. The van der Waals surface area contributed by atoms with Crippen molar-refractivity contribution in [1.29, 1.82) is 0 Å². The average Bonchev–Trinajstić information content (AvgIpc) is 2.03. The molecule has 1 atom stereocenters. The summed E-state index contributed by atoms with van der Waals surface area (Å²) in [7, 11) is -0.533. The Balaban J connectivity index is 2.02. The first-order chi connectivity index (χ1) is 4.93. The minimum atomic E-state index is -0.449. The maximum Gasteiger partial charge on any atom is 0.150 e. The van der Waals surface area contributed by atoms with E-state index in [1.807, 2.05) is 0 Å². The summed E-state index contributed by atoms with van der Waals surface area (Å²) in [6.45, 7) is 4.00. The molecule has 0 aromatic heterocycles. The van der Waals surface area contributed by atoms with Crippen molar-refractivity contribution in [1.82, 2.24) is 0 Å². The zero-order valence-electron chi connectivity index (χ0n) is 6.64. The van der Waals surface area contributed by atoms with Gasteiger partial charge in [0.2, 0.25) is 0 Å². The molecule has 60 valence electrons. The number of ether oxygens (including phenoxy) is 1. The lowest BCUT2D eigenvalue weighted by Crippen LogP contribution is -2.34. The first-order valence-electron chi connectivity index (χ1n) is 4.09. The summed E-state index contributed by atoms with van der Waals surface area (Å²) in [6, 6.07) is 1.48. The predicted molar refractivity (Wildman–Crippen MR) is 47.6 cm³/mol. The maximum atomic E-state index is 5.50. The summed E-state index contributed by atoms with van der Waals surface area (Å²) in [5, 5.41) is 0. The minimum Gasteiger partial charge on any atom is -0.427 e. The van der Waals surface area contributed by atoms with E-state index < -0.39 is 8.31 Å². The lowest BCUT2D eigenvalue weighted by atomic mass is 10.5. The van der Waals surface area contributed by atoms with Gasteiger partial charge < -0.3 is 9.16 Å². The quantitative estimate of drug-likeness (QED) is 0.554. The van der Waals surface area contributed by atoms with Gasteiger partial charge in [-0.2, -0.15) is 0 Å². The van der Waals surface area contributed by atoms with Gasteiger partial charge in [0.1, 0.15) is 9.28 Å². The molecule has 10 heavy (non-hydrogen) atoms. The van der Waals surface area contributed by atoms with Crippen LogP contribution in [0.25, 0.3) is 0 Å². The van der Waals surface area contributed by atoms with Crippen molar-refractivity contribution in [2.24, 2.45) is 0 Å². The van der Waals surface area contributed by atoms with Gasteiger partial charge in [0.25, 0.3) is 0 Å². The SMILES string of the molecule is CCOC[SiH]1CCCO[SiH2]1. The molecule has 1 saturated heterocycles. The van der Waals surface area contributed by atoms with Crippen LogP contribution in [0.4, 0.5) is 0 Å². The standard InChI is InChI=1S/C6H16O2Si2/c1-2-7-6-10-5-3-4-8-9-10/h10H,2-6,9H2,1H3. The largest absolute Gasteiger partial charge is 0.427 e. The van der Waals surface area contributed by atoms with Crippen molar-refractivity contribution in [2.45, 2.75) is 19.4 Å². The third-order valence-corrected chi connectivity index (χ3v) is 8.79. The van der Waals surface area contributed by atoms with Crippen LogP contribution < -0.4 is 0 Å². The Kier molecular flexibility index (Phi) is 4.28. The Bertz CT molecular complexity index is 83.8. The van der Waals surface area contributed by atoms with Crippen molar-refractivity contribution >= 4 is 17.6 Å². The minimum absolute atomic E-state index is 0.0840. The molecular weight excluding hydrogens is 160 g/mol. The normalized spacial score (nSPS) is 29.1. The Labute approximate surface area is 66.2 Å². The Morgan fingerprint density at radius 3 is 3.20 bits per heavy atom. The highest BCUT2D eigenvalue weighted by atomic mass is 29.2.